The molecule has 1 unspecified atom stereocenters. The first-order valence-corrected chi connectivity index (χ1v) is 10.8. The first kappa shape index (κ1) is 21.1. The Balaban J connectivity index is 1.50. The number of β-lactam (4-membered cyclic amide) rings is 1. The van der Waals surface area contributed by atoms with Gasteiger partial charge in [0.05, 0.1) is 18.9 Å². The van der Waals surface area contributed by atoms with Gasteiger partial charge in [0.1, 0.15) is 12.4 Å². The third-order valence-electron chi connectivity index (χ3n) is 5.75. The van der Waals surface area contributed by atoms with Crippen LogP contribution in [-0.2, 0) is 9.63 Å². The van der Waals surface area contributed by atoms with Crippen molar-refractivity contribution in [3.63, 3.8) is 0 Å². The molecule has 1 atom stereocenters. The molecule has 0 aromatic heterocycles. The average molecular weight is 420 g/mol. The van der Waals surface area contributed by atoms with Crippen molar-refractivity contribution < 1.29 is 14.4 Å². The number of methoxy groups -OCH3 is 1. The van der Waals surface area contributed by atoms with Crippen LogP contribution in [0.25, 0.3) is 0 Å². The lowest BCUT2D eigenvalue weighted by Crippen LogP contribution is -2.49. The van der Waals surface area contributed by atoms with E-state index in [9.17, 15) is 4.79 Å². The van der Waals surface area contributed by atoms with Crippen molar-refractivity contribution >= 4 is 17.3 Å². The Morgan fingerprint density at radius 3 is 2.48 bits per heavy atom. The second-order valence-electron chi connectivity index (χ2n) is 7.90. The standard InChI is InChI=1S/C25H29N3O3/c1-19(26-31-17-16-27-14-6-7-15-27)18-23-24(20-8-4-3-5-9-20)28(25(23)29)21-10-12-22(30-2)13-11-21/h3-5,8-13,18,24H,6-7,14-17H2,1-2H3/b23-18+,26-19?. The summed E-state index contributed by atoms with van der Waals surface area (Å²) >= 11 is 0. The van der Waals surface area contributed by atoms with Crippen molar-refractivity contribution in [3.8, 4) is 5.75 Å². The summed E-state index contributed by atoms with van der Waals surface area (Å²) in [7, 11) is 1.63. The highest BCUT2D eigenvalue weighted by Crippen LogP contribution is 2.43. The number of rotatable bonds is 8. The van der Waals surface area contributed by atoms with Gasteiger partial charge in [0.25, 0.3) is 5.91 Å². The SMILES string of the molecule is COc1ccc(N2C(=O)/C(=C/C(C)=NOCCN3CCCC3)C2c2ccccc2)cc1. The first-order chi connectivity index (χ1) is 15.2. The Morgan fingerprint density at radius 2 is 1.81 bits per heavy atom. The zero-order valence-corrected chi connectivity index (χ0v) is 18.2. The smallest absolute Gasteiger partial charge is 0.257 e. The van der Waals surface area contributed by atoms with Crippen LogP contribution < -0.4 is 9.64 Å². The largest absolute Gasteiger partial charge is 0.497 e. The fourth-order valence-electron chi connectivity index (χ4n) is 4.14. The molecule has 0 bridgehead atoms. The predicted octanol–water partition coefficient (Wildman–Crippen LogP) is 4.20. The number of hydrogen-bond donors (Lipinski definition) is 0. The van der Waals surface area contributed by atoms with Crippen LogP contribution in [0.4, 0.5) is 5.69 Å². The van der Waals surface area contributed by atoms with Gasteiger partial charge in [0.2, 0.25) is 0 Å². The van der Waals surface area contributed by atoms with E-state index < -0.39 is 0 Å². The Bertz CT molecular complexity index is 948. The van der Waals surface area contributed by atoms with Gasteiger partial charge in [0.15, 0.2) is 0 Å². The summed E-state index contributed by atoms with van der Waals surface area (Å²) in [6, 6.07) is 17.4. The maximum absolute atomic E-state index is 13.1. The van der Waals surface area contributed by atoms with E-state index in [1.54, 1.807) is 7.11 Å². The van der Waals surface area contributed by atoms with Crippen LogP contribution in [0.1, 0.15) is 31.4 Å². The van der Waals surface area contributed by atoms with Crippen molar-refractivity contribution in [1.29, 1.82) is 0 Å². The fraction of sp³-hybridized carbons (Fsp3) is 0.360. The number of hydrogen-bond acceptors (Lipinski definition) is 5. The van der Waals surface area contributed by atoms with E-state index in [1.165, 1.54) is 12.8 Å². The zero-order chi connectivity index (χ0) is 21.6. The number of carbonyl (C=O) groups is 1. The van der Waals surface area contributed by atoms with Crippen molar-refractivity contribution in [2.75, 3.05) is 38.3 Å². The number of likely N-dealkylation sites (tertiary alicyclic amines) is 1. The van der Waals surface area contributed by atoms with Gasteiger partial charge in [-0.1, -0.05) is 35.5 Å². The number of anilines is 1. The third-order valence-corrected chi connectivity index (χ3v) is 5.75. The number of allylic oxidation sites excluding steroid dienone is 1. The zero-order valence-electron chi connectivity index (χ0n) is 18.2. The average Bonchev–Trinajstić information content (AvgIpc) is 3.33. The van der Waals surface area contributed by atoms with E-state index >= 15 is 0 Å². The number of benzene rings is 2. The molecule has 2 fully saturated rings. The summed E-state index contributed by atoms with van der Waals surface area (Å²) in [5.74, 6) is 0.739. The minimum absolute atomic E-state index is 0.0226. The van der Waals surface area contributed by atoms with Gasteiger partial charge in [-0.3, -0.25) is 14.6 Å². The first-order valence-electron chi connectivity index (χ1n) is 10.8. The van der Waals surface area contributed by atoms with Gasteiger partial charge >= 0.3 is 0 Å². The minimum atomic E-state index is -0.156. The molecule has 2 aromatic rings. The Kier molecular flexibility index (Phi) is 6.67. The molecule has 162 valence electrons. The van der Waals surface area contributed by atoms with Crippen LogP contribution in [0.3, 0.4) is 0 Å². The highest BCUT2D eigenvalue weighted by Gasteiger charge is 2.43. The van der Waals surface area contributed by atoms with Crippen LogP contribution in [0.15, 0.2) is 71.4 Å². The summed E-state index contributed by atoms with van der Waals surface area (Å²) in [4.78, 5) is 22.8. The molecule has 2 aliphatic heterocycles. The molecule has 31 heavy (non-hydrogen) atoms. The number of ether oxygens (including phenoxy) is 1. The van der Waals surface area contributed by atoms with E-state index in [0.29, 0.717) is 17.9 Å². The summed E-state index contributed by atoms with van der Waals surface area (Å²) < 4.78 is 5.24. The van der Waals surface area contributed by atoms with E-state index in [1.807, 2.05) is 72.5 Å². The molecule has 2 aromatic carbocycles. The lowest BCUT2D eigenvalue weighted by Gasteiger charge is -2.43. The summed E-state index contributed by atoms with van der Waals surface area (Å²) in [5, 5.41) is 4.22. The molecule has 2 aliphatic rings. The topological polar surface area (TPSA) is 54.4 Å². The molecule has 0 spiro atoms. The van der Waals surface area contributed by atoms with Gasteiger partial charge in [-0.15, -0.1) is 0 Å². The molecule has 2 heterocycles. The molecule has 0 aliphatic carbocycles. The van der Waals surface area contributed by atoms with Crippen molar-refractivity contribution in [2.45, 2.75) is 25.8 Å². The third kappa shape index (κ3) is 4.80. The lowest BCUT2D eigenvalue weighted by molar-refractivity contribution is -0.119. The normalized spacial score (nSPS) is 20.8. The summed E-state index contributed by atoms with van der Waals surface area (Å²) in [6.07, 6.45) is 4.38. The van der Waals surface area contributed by atoms with E-state index in [2.05, 4.69) is 10.1 Å². The number of oxime groups is 1. The lowest BCUT2D eigenvalue weighted by atomic mass is 9.86. The highest BCUT2D eigenvalue weighted by molar-refractivity contribution is 6.18. The molecule has 2 saturated heterocycles. The van der Waals surface area contributed by atoms with Gasteiger partial charge < -0.3 is 9.57 Å². The molecular formula is C25H29N3O3. The van der Waals surface area contributed by atoms with Crippen molar-refractivity contribution in [1.82, 2.24) is 4.90 Å². The summed E-state index contributed by atoms with van der Waals surface area (Å²) in [5.41, 5.74) is 3.31. The van der Waals surface area contributed by atoms with Crippen LogP contribution >= 0.6 is 0 Å². The number of amides is 1. The monoisotopic (exact) mass is 419 g/mol. The fourth-order valence-corrected chi connectivity index (χ4v) is 4.14. The van der Waals surface area contributed by atoms with Crippen molar-refractivity contribution in [2.24, 2.45) is 5.16 Å². The highest BCUT2D eigenvalue weighted by atomic mass is 16.6. The predicted molar refractivity (Wildman–Crippen MR) is 122 cm³/mol. The molecule has 6 heteroatoms. The molecular weight excluding hydrogens is 390 g/mol. The maximum atomic E-state index is 13.1. The molecule has 6 nitrogen and oxygen atoms in total. The van der Waals surface area contributed by atoms with Crippen LogP contribution in [0.5, 0.6) is 5.75 Å². The Morgan fingerprint density at radius 1 is 1.10 bits per heavy atom. The Labute approximate surface area is 183 Å². The van der Waals surface area contributed by atoms with E-state index in [-0.39, 0.29) is 11.9 Å². The molecule has 0 N–H and O–H groups in total. The van der Waals surface area contributed by atoms with Gasteiger partial charge in [-0.2, -0.15) is 0 Å². The molecule has 0 radical (unpaired) electrons. The van der Waals surface area contributed by atoms with Crippen LogP contribution in [0.2, 0.25) is 0 Å². The van der Waals surface area contributed by atoms with Gasteiger partial charge in [-0.05, 0) is 68.8 Å². The Hall–Kier alpha value is -3.12. The van der Waals surface area contributed by atoms with E-state index in [4.69, 9.17) is 9.57 Å². The summed E-state index contributed by atoms with van der Waals surface area (Å²) in [6.45, 7) is 5.61. The molecule has 0 saturated carbocycles. The molecule has 1 amide bonds. The van der Waals surface area contributed by atoms with E-state index in [0.717, 1.165) is 36.6 Å². The second-order valence-corrected chi connectivity index (χ2v) is 7.90. The van der Waals surface area contributed by atoms with Gasteiger partial charge in [0, 0.05) is 17.8 Å². The minimum Gasteiger partial charge on any atom is -0.497 e. The van der Waals surface area contributed by atoms with Crippen LogP contribution in [0, 0.1) is 0 Å². The van der Waals surface area contributed by atoms with Crippen LogP contribution in [-0.4, -0.2) is 49.9 Å². The number of nitrogens with zero attached hydrogens (tertiary/aromatic N) is 3. The molecule has 4 rings (SSSR count). The maximum Gasteiger partial charge on any atom is 0.257 e. The number of carbonyl (C=O) groups excluding carboxylic acids is 1. The second kappa shape index (κ2) is 9.79. The quantitative estimate of drug-likeness (QED) is 0.212. The van der Waals surface area contributed by atoms with Crippen molar-refractivity contribution in [3.05, 3.63) is 71.8 Å². The van der Waals surface area contributed by atoms with Gasteiger partial charge in [-0.25, -0.2) is 0 Å².